The number of likely N-dealkylation sites (N-methyl/N-ethyl adjacent to an activating group) is 1. The fourth-order valence-electron chi connectivity index (χ4n) is 1.54. The van der Waals surface area contributed by atoms with E-state index in [1.165, 1.54) is 0 Å². The second kappa shape index (κ2) is 5.42. The Morgan fingerprint density at radius 1 is 1.39 bits per heavy atom. The van der Waals surface area contributed by atoms with Crippen LogP contribution in [-0.2, 0) is 11.3 Å². The van der Waals surface area contributed by atoms with Crippen LogP contribution in [0.1, 0.15) is 5.82 Å². The van der Waals surface area contributed by atoms with Gasteiger partial charge in [-0.3, -0.25) is 9.69 Å². The summed E-state index contributed by atoms with van der Waals surface area (Å²) in [4.78, 5) is 16.3. The quantitative estimate of drug-likeness (QED) is 0.856. The predicted octanol–water partition coefficient (Wildman–Crippen LogP) is 1.25. The molecule has 2 rings (SSSR count). The van der Waals surface area contributed by atoms with Gasteiger partial charge in [-0.25, -0.2) is 0 Å². The molecule has 6 nitrogen and oxygen atoms in total. The molecule has 0 aliphatic carbocycles. The molecule has 0 fully saturated rings. The van der Waals surface area contributed by atoms with Crippen LogP contribution in [0.5, 0.6) is 0 Å². The molecule has 1 N–H and O–H groups in total. The number of aromatic nitrogens is 2. The number of aliphatic carboxylic acids is 1. The SMILES string of the molecule is CN(CC(=O)O)Cc1noc(-c2ccccc2)n1. The number of rotatable bonds is 5. The van der Waals surface area contributed by atoms with Gasteiger partial charge in [-0.15, -0.1) is 0 Å². The molecule has 1 heterocycles. The van der Waals surface area contributed by atoms with E-state index in [-0.39, 0.29) is 6.54 Å². The molecule has 0 atom stereocenters. The van der Waals surface area contributed by atoms with Gasteiger partial charge in [0.2, 0.25) is 0 Å². The van der Waals surface area contributed by atoms with Crippen molar-refractivity contribution in [2.45, 2.75) is 6.54 Å². The summed E-state index contributed by atoms with van der Waals surface area (Å²) in [5.74, 6) is 0.0243. The van der Waals surface area contributed by atoms with Gasteiger partial charge in [-0.05, 0) is 19.2 Å². The lowest BCUT2D eigenvalue weighted by Crippen LogP contribution is -2.25. The maximum atomic E-state index is 10.5. The molecule has 2 aromatic rings. The third-order valence-corrected chi connectivity index (χ3v) is 2.31. The van der Waals surface area contributed by atoms with E-state index >= 15 is 0 Å². The van der Waals surface area contributed by atoms with Crippen molar-refractivity contribution in [1.29, 1.82) is 0 Å². The van der Waals surface area contributed by atoms with Crippen molar-refractivity contribution in [1.82, 2.24) is 15.0 Å². The van der Waals surface area contributed by atoms with Crippen LogP contribution in [-0.4, -0.2) is 39.7 Å². The normalized spacial score (nSPS) is 10.8. The zero-order valence-electron chi connectivity index (χ0n) is 9.91. The molecule has 0 aliphatic heterocycles. The fourth-order valence-corrected chi connectivity index (χ4v) is 1.54. The van der Waals surface area contributed by atoms with Gasteiger partial charge < -0.3 is 9.63 Å². The highest BCUT2D eigenvalue weighted by Gasteiger charge is 2.11. The second-order valence-electron chi connectivity index (χ2n) is 3.95. The van der Waals surface area contributed by atoms with Crippen LogP contribution in [0.25, 0.3) is 11.5 Å². The maximum absolute atomic E-state index is 10.5. The van der Waals surface area contributed by atoms with Gasteiger partial charge in [0.05, 0.1) is 13.1 Å². The number of carboxylic acid groups (broad SMARTS) is 1. The van der Waals surface area contributed by atoms with Crippen LogP contribution in [0.4, 0.5) is 0 Å². The topological polar surface area (TPSA) is 79.5 Å². The molecule has 0 radical (unpaired) electrons. The van der Waals surface area contributed by atoms with Crippen LogP contribution >= 0.6 is 0 Å². The Labute approximate surface area is 104 Å². The zero-order chi connectivity index (χ0) is 13.0. The molecular formula is C12H13N3O3. The highest BCUT2D eigenvalue weighted by molar-refractivity contribution is 5.69. The molecule has 0 bridgehead atoms. The van der Waals surface area contributed by atoms with Gasteiger partial charge in [-0.1, -0.05) is 23.4 Å². The summed E-state index contributed by atoms with van der Waals surface area (Å²) in [5.41, 5.74) is 0.845. The average molecular weight is 247 g/mol. The fraction of sp³-hybridized carbons (Fsp3) is 0.250. The van der Waals surface area contributed by atoms with Crippen molar-refractivity contribution in [2.75, 3.05) is 13.6 Å². The number of carboxylic acids is 1. The highest BCUT2D eigenvalue weighted by Crippen LogP contribution is 2.16. The Bertz CT molecular complexity index is 524. The Morgan fingerprint density at radius 2 is 2.11 bits per heavy atom. The van der Waals surface area contributed by atoms with Crippen molar-refractivity contribution in [3.05, 3.63) is 36.2 Å². The van der Waals surface area contributed by atoms with Crippen molar-refractivity contribution < 1.29 is 14.4 Å². The molecule has 1 aromatic heterocycles. The molecule has 18 heavy (non-hydrogen) atoms. The summed E-state index contributed by atoms with van der Waals surface area (Å²) < 4.78 is 5.12. The lowest BCUT2D eigenvalue weighted by molar-refractivity contribution is -0.138. The second-order valence-corrected chi connectivity index (χ2v) is 3.95. The molecule has 0 saturated heterocycles. The van der Waals surface area contributed by atoms with Gasteiger partial charge in [0, 0.05) is 5.56 Å². The van der Waals surface area contributed by atoms with Gasteiger partial charge in [-0.2, -0.15) is 4.98 Å². The van der Waals surface area contributed by atoms with Gasteiger partial charge in [0.1, 0.15) is 0 Å². The monoisotopic (exact) mass is 247 g/mol. The zero-order valence-corrected chi connectivity index (χ0v) is 9.91. The Hall–Kier alpha value is -2.21. The first-order chi connectivity index (χ1) is 8.65. The first kappa shape index (κ1) is 12.3. The number of carbonyl (C=O) groups is 1. The molecule has 0 amide bonds. The van der Waals surface area contributed by atoms with E-state index in [9.17, 15) is 4.79 Å². The smallest absolute Gasteiger partial charge is 0.317 e. The summed E-state index contributed by atoms with van der Waals surface area (Å²) in [7, 11) is 1.69. The summed E-state index contributed by atoms with van der Waals surface area (Å²) in [6.07, 6.45) is 0. The maximum Gasteiger partial charge on any atom is 0.317 e. The molecule has 0 unspecified atom stereocenters. The Morgan fingerprint density at radius 3 is 2.78 bits per heavy atom. The largest absolute Gasteiger partial charge is 0.480 e. The van der Waals surface area contributed by atoms with Crippen LogP contribution in [0.2, 0.25) is 0 Å². The van der Waals surface area contributed by atoms with Gasteiger partial charge in [0.25, 0.3) is 5.89 Å². The van der Waals surface area contributed by atoms with Crippen LogP contribution in [0.3, 0.4) is 0 Å². The van der Waals surface area contributed by atoms with E-state index in [1.807, 2.05) is 30.3 Å². The van der Waals surface area contributed by atoms with E-state index in [0.717, 1.165) is 5.56 Å². The minimum Gasteiger partial charge on any atom is -0.480 e. The molecular weight excluding hydrogens is 234 g/mol. The Balaban J connectivity index is 2.05. The van der Waals surface area contributed by atoms with E-state index in [0.29, 0.717) is 18.3 Å². The molecule has 0 aliphatic rings. The number of nitrogens with zero attached hydrogens (tertiary/aromatic N) is 3. The van der Waals surface area contributed by atoms with Crippen molar-refractivity contribution >= 4 is 5.97 Å². The highest BCUT2D eigenvalue weighted by atomic mass is 16.5. The average Bonchev–Trinajstić information content (AvgIpc) is 2.77. The van der Waals surface area contributed by atoms with Crippen LogP contribution in [0.15, 0.2) is 34.9 Å². The first-order valence-corrected chi connectivity index (χ1v) is 5.43. The summed E-state index contributed by atoms with van der Waals surface area (Å²) >= 11 is 0. The van der Waals surface area contributed by atoms with E-state index in [2.05, 4.69) is 10.1 Å². The molecule has 0 spiro atoms. The van der Waals surface area contributed by atoms with Crippen LogP contribution in [0, 0.1) is 0 Å². The summed E-state index contributed by atoms with van der Waals surface area (Å²) in [5, 5.41) is 12.5. The standard InChI is InChI=1S/C12H13N3O3/c1-15(8-11(16)17)7-10-13-12(18-14-10)9-5-3-2-4-6-9/h2-6H,7-8H2,1H3,(H,16,17). The third kappa shape index (κ3) is 3.14. The van der Waals surface area contributed by atoms with Crippen molar-refractivity contribution in [3.8, 4) is 11.5 Å². The minimum atomic E-state index is -0.885. The first-order valence-electron chi connectivity index (χ1n) is 5.43. The lowest BCUT2D eigenvalue weighted by Gasteiger charge is -2.09. The third-order valence-electron chi connectivity index (χ3n) is 2.31. The lowest BCUT2D eigenvalue weighted by atomic mass is 10.2. The minimum absolute atomic E-state index is 0.0603. The number of benzene rings is 1. The number of hydrogen-bond donors (Lipinski definition) is 1. The van der Waals surface area contributed by atoms with Gasteiger partial charge in [0.15, 0.2) is 5.82 Å². The number of hydrogen-bond acceptors (Lipinski definition) is 5. The predicted molar refractivity (Wildman–Crippen MR) is 63.7 cm³/mol. The van der Waals surface area contributed by atoms with Crippen molar-refractivity contribution in [2.24, 2.45) is 0 Å². The molecule has 6 heteroatoms. The molecule has 1 aromatic carbocycles. The molecule has 0 saturated carbocycles. The summed E-state index contributed by atoms with van der Waals surface area (Å²) in [6.45, 7) is 0.276. The summed E-state index contributed by atoms with van der Waals surface area (Å²) in [6, 6.07) is 9.42. The van der Waals surface area contributed by atoms with E-state index in [4.69, 9.17) is 9.63 Å². The van der Waals surface area contributed by atoms with Crippen molar-refractivity contribution in [3.63, 3.8) is 0 Å². The Kier molecular flexibility index (Phi) is 3.69. The van der Waals surface area contributed by atoms with Crippen LogP contribution < -0.4 is 0 Å². The van der Waals surface area contributed by atoms with E-state index < -0.39 is 5.97 Å². The van der Waals surface area contributed by atoms with Gasteiger partial charge >= 0.3 is 5.97 Å². The molecule has 94 valence electrons. The van der Waals surface area contributed by atoms with E-state index in [1.54, 1.807) is 11.9 Å².